The zero-order valence-electron chi connectivity index (χ0n) is 14.9. The molecule has 148 valence electrons. The van der Waals surface area contributed by atoms with Gasteiger partial charge < -0.3 is 10.6 Å². The first kappa shape index (κ1) is 19.9. The number of anilines is 1. The molecule has 3 rings (SSSR count). The number of carbonyl (C=O) groups excluding carboxylic acids is 1. The van der Waals surface area contributed by atoms with Crippen LogP contribution in [-0.4, -0.2) is 38.8 Å². The van der Waals surface area contributed by atoms with Crippen LogP contribution in [0.1, 0.15) is 27.3 Å². The highest BCUT2D eigenvalue weighted by Gasteiger charge is 2.38. The number of nitrogens with one attached hydrogen (secondary N) is 2. The summed E-state index contributed by atoms with van der Waals surface area (Å²) in [7, 11) is 0. The van der Waals surface area contributed by atoms with E-state index in [2.05, 4.69) is 25.9 Å². The second-order valence-electron chi connectivity index (χ2n) is 6.02. The quantitative estimate of drug-likeness (QED) is 0.628. The van der Waals surface area contributed by atoms with Crippen LogP contribution in [0, 0.1) is 13.8 Å². The molecule has 0 aliphatic heterocycles. The van der Waals surface area contributed by atoms with E-state index in [1.54, 1.807) is 38.1 Å². The Bertz CT molecular complexity index is 1030. The summed E-state index contributed by atoms with van der Waals surface area (Å²) in [4.78, 5) is 12.1. The van der Waals surface area contributed by atoms with Gasteiger partial charge in [-0.1, -0.05) is 23.7 Å². The molecule has 2 heterocycles. The summed E-state index contributed by atoms with van der Waals surface area (Å²) >= 11 is 5.97. The summed E-state index contributed by atoms with van der Waals surface area (Å²) in [5.74, 6) is -1.29. The van der Waals surface area contributed by atoms with Crippen molar-refractivity contribution in [1.82, 2.24) is 25.1 Å². The number of fused-ring (bicyclic) bond motifs is 1. The molecular weight excluding hydrogens is 397 g/mol. The SMILES string of the molecule is Cc1c(NCCNC(=O)c2ccccc2Cl)nn2c(C(F)(F)F)nnc2c1C. The number of hydrogen-bond acceptors (Lipinski definition) is 5. The van der Waals surface area contributed by atoms with E-state index >= 15 is 0 Å². The number of benzene rings is 1. The average molecular weight is 413 g/mol. The summed E-state index contributed by atoms with van der Waals surface area (Å²) in [6.07, 6.45) is -4.67. The Morgan fingerprint density at radius 2 is 1.86 bits per heavy atom. The molecule has 28 heavy (non-hydrogen) atoms. The zero-order chi connectivity index (χ0) is 20.5. The molecule has 2 aromatic heterocycles. The number of carbonyl (C=O) groups is 1. The zero-order valence-corrected chi connectivity index (χ0v) is 15.7. The number of aryl methyl sites for hydroxylation is 1. The lowest BCUT2D eigenvalue weighted by molar-refractivity contribution is -0.146. The van der Waals surface area contributed by atoms with E-state index in [9.17, 15) is 18.0 Å². The summed E-state index contributed by atoms with van der Waals surface area (Å²) in [6.45, 7) is 3.83. The van der Waals surface area contributed by atoms with E-state index in [0.717, 1.165) is 0 Å². The van der Waals surface area contributed by atoms with E-state index in [4.69, 9.17) is 11.6 Å². The standard InChI is InChI=1S/C17H16ClF3N6O/c1-9-10(2)14-24-25-16(17(19,20)21)27(14)26-13(9)22-7-8-23-15(28)11-5-3-4-6-12(11)18/h3-6H,7-8H2,1-2H3,(H,22,26)(H,23,28). The maximum atomic E-state index is 13.1. The third kappa shape index (κ3) is 3.86. The van der Waals surface area contributed by atoms with Crippen molar-refractivity contribution in [2.45, 2.75) is 20.0 Å². The van der Waals surface area contributed by atoms with Crippen molar-refractivity contribution in [2.75, 3.05) is 18.4 Å². The molecule has 0 bridgehead atoms. The maximum Gasteiger partial charge on any atom is 0.453 e. The molecule has 0 atom stereocenters. The molecule has 3 aromatic rings. The van der Waals surface area contributed by atoms with Crippen LogP contribution in [0.2, 0.25) is 5.02 Å². The number of halogens is 4. The lowest BCUT2D eigenvalue weighted by atomic mass is 10.2. The van der Waals surface area contributed by atoms with Crippen LogP contribution in [-0.2, 0) is 6.18 Å². The number of hydrogen-bond donors (Lipinski definition) is 2. The predicted octanol–water partition coefficient (Wildman–Crippen LogP) is 3.26. The Kier molecular flexibility index (Phi) is 5.41. The average Bonchev–Trinajstić information content (AvgIpc) is 3.07. The van der Waals surface area contributed by atoms with E-state index < -0.39 is 12.0 Å². The summed E-state index contributed by atoms with van der Waals surface area (Å²) in [5, 5.41) is 16.7. The van der Waals surface area contributed by atoms with Gasteiger partial charge in [-0.15, -0.1) is 15.3 Å². The Labute approximate surface area is 162 Å². The Morgan fingerprint density at radius 1 is 1.14 bits per heavy atom. The van der Waals surface area contributed by atoms with Gasteiger partial charge in [0.25, 0.3) is 11.7 Å². The van der Waals surface area contributed by atoms with E-state index in [1.807, 2.05) is 0 Å². The number of aromatic nitrogens is 4. The van der Waals surface area contributed by atoms with Crippen LogP contribution in [0.15, 0.2) is 24.3 Å². The van der Waals surface area contributed by atoms with Crippen molar-refractivity contribution < 1.29 is 18.0 Å². The third-order valence-electron chi connectivity index (χ3n) is 4.17. The minimum absolute atomic E-state index is 0.0439. The Balaban J connectivity index is 1.71. The molecule has 1 amide bonds. The molecule has 1 aromatic carbocycles. The van der Waals surface area contributed by atoms with Crippen molar-refractivity contribution in [2.24, 2.45) is 0 Å². The van der Waals surface area contributed by atoms with Gasteiger partial charge in [0, 0.05) is 18.7 Å². The molecule has 0 spiro atoms. The van der Waals surface area contributed by atoms with E-state index in [0.29, 0.717) is 26.2 Å². The molecule has 2 N–H and O–H groups in total. The predicted molar refractivity (Wildman–Crippen MR) is 97.5 cm³/mol. The second kappa shape index (κ2) is 7.63. The van der Waals surface area contributed by atoms with Crippen molar-refractivity contribution in [3.05, 3.63) is 51.8 Å². The van der Waals surface area contributed by atoms with Gasteiger partial charge in [-0.25, -0.2) is 0 Å². The number of alkyl halides is 3. The Morgan fingerprint density at radius 3 is 2.54 bits per heavy atom. The largest absolute Gasteiger partial charge is 0.453 e. The molecule has 0 radical (unpaired) electrons. The van der Waals surface area contributed by atoms with Gasteiger partial charge in [0.2, 0.25) is 0 Å². The molecule has 0 aliphatic carbocycles. The van der Waals surface area contributed by atoms with Crippen LogP contribution >= 0.6 is 11.6 Å². The fraction of sp³-hybridized carbons (Fsp3) is 0.294. The van der Waals surface area contributed by atoms with Crippen LogP contribution in [0.3, 0.4) is 0 Å². The maximum absolute atomic E-state index is 13.1. The number of amides is 1. The molecule has 0 unspecified atom stereocenters. The number of nitrogens with zero attached hydrogens (tertiary/aromatic N) is 4. The fourth-order valence-corrected chi connectivity index (χ4v) is 2.79. The summed E-state index contributed by atoms with van der Waals surface area (Å²) in [5.41, 5.74) is 1.56. The van der Waals surface area contributed by atoms with Gasteiger partial charge in [-0.3, -0.25) is 4.79 Å². The van der Waals surface area contributed by atoms with Gasteiger partial charge in [-0.2, -0.15) is 17.7 Å². The first-order chi connectivity index (χ1) is 13.2. The fourth-order valence-electron chi connectivity index (χ4n) is 2.57. The summed E-state index contributed by atoms with van der Waals surface area (Å²) in [6, 6.07) is 6.62. The van der Waals surface area contributed by atoms with Gasteiger partial charge in [0.1, 0.15) is 5.82 Å². The van der Waals surface area contributed by atoms with E-state index in [-0.39, 0.29) is 30.5 Å². The van der Waals surface area contributed by atoms with Gasteiger partial charge in [-0.05, 0) is 31.5 Å². The molecular formula is C17H16ClF3N6O. The molecule has 0 aliphatic rings. The smallest absolute Gasteiger partial charge is 0.367 e. The highest BCUT2D eigenvalue weighted by atomic mass is 35.5. The van der Waals surface area contributed by atoms with Gasteiger partial charge in [0.05, 0.1) is 10.6 Å². The topological polar surface area (TPSA) is 84.2 Å². The summed E-state index contributed by atoms with van der Waals surface area (Å²) < 4.78 is 39.9. The third-order valence-corrected chi connectivity index (χ3v) is 4.50. The number of rotatable bonds is 5. The normalized spacial score (nSPS) is 11.6. The van der Waals surface area contributed by atoms with Crippen LogP contribution < -0.4 is 10.6 Å². The second-order valence-corrected chi connectivity index (χ2v) is 6.43. The highest BCUT2D eigenvalue weighted by Crippen LogP contribution is 2.29. The minimum atomic E-state index is -4.67. The van der Waals surface area contributed by atoms with Crippen LogP contribution in [0.25, 0.3) is 5.65 Å². The van der Waals surface area contributed by atoms with Crippen LogP contribution in [0.5, 0.6) is 0 Å². The molecule has 11 heteroatoms. The van der Waals surface area contributed by atoms with Gasteiger partial charge >= 0.3 is 6.18 Å². The molecule has 0 saturated heterocycles. The van der Waals surface area contributed by atoms with E-state index in [1.165, 1.54) is 0 Å². The molecule has 7 nitrogen and oxygen atoms in total. The van der Waals surface area contributed by atoms with Crippen molar-refractivity contribution >= 4 is 29.0 Å². The lowest BCUT2D eigenvalue weighted by Gasteiger charge is -2.13. The van der Waals surface area contributed by atoms with Crippen LogP contribution in [0.4, 0.5) is 19.0 Å². The first-order valence-corrected chi connectivity index (χ1v) is 8.64. The Hall–Kier alpha value is -2.88. The van der Waals surface area contributed by atoms with Gasteiger partial charge in [0.15, 0.2) is 5.65 Å². The minimum Gasteiger partial charge on any atom is -0.367 e. The first-order valence-electron chi connectivity index (χ1n) is 8.26. The molecule has 0 fully saturated rings. The van der Waals surface area contributed by atoms with Crippen molar-refractivity contribution in [1.29, 1.82) is 0 Å². The van der Waals surface area contributed by atoms with Crippen molar-refractivity contribution in [3.63, 3.8) is 0 Å². The lowest BCUT2D eigenvalue weighted by Crippen LogP contribution is -2.29. The highest BCUT2D eigenvalue weighted by molar-refractivity contribution is 6.33. The van der Waals surface area contributed by atoms with Crippen molar-refractivity contribution in [3.8, 4) is 0 Å². The monoisotopic (exact) mass is 412 g/mol. The molecule has 0 saturated carbocycles.